The van der Waals surface area contributed by atoms with Crippen LogP contribution in [0.15, 0.2) is 27.9 Å². The van der Waals surface area contributed by atoms with Crippen LogP contribution in [0.25, 0.3) is 0 Å². The molecule has 8 heteroatoms. The molecule has 0 aliphatic carbocycles. The molecule has 2 rings (SSSR count). The van der Waals surface area contributed by atoms with Gasteiger partial charge in [-0.2, -0.15) is 0 Å². The van der Waals surface area contributed by atoms with E-state index in [0.717, 1.165) is 23.4 Å². The number of hydrogen-bond acceptors (Lipinski definition) is 7. The predicted octanol–water partition coefficient (Wildman–Crippen LogP) is 3.05. The maximum absolute atomic E-state index is 12.5. The van der Waals surface area contributed by atoms with Gasteiger partial charge in [-0.15, -0.1) is 11.8 Å². The molecule has 0 aromatic carbocycles. The van der Waals surface area contributed by atoms with Gasteiger partial charge in [-0.05, 0) is 39.3 Å². The molecule has 140 valence electrons. The highest BCUT2D eigenvalue weighted by molar-refractivity contribution is 7.98. The van der Waals surface area contributed by atoms with Crippen LogP contribution in [0.4, 0.5) is 0 Å². The van der Waals surface area contributed by atoms with E-state index in [1.54, 1.807) is 25.3 Å². The number of aryl methyl sites for hydroxylation is 2. The quantitative estimate of drug-likeness (QED) is 0.558. The third-order valence-corrected chi connectivity index (χ3v) is 4.76. The molecule has 1 atom stereocenters. The average molecular weight is 377 g/mol. The minimum absolute atomic E-state index is 0.311. The number of amides is 1. The molecule has 0 spiro atoms. The lowest BCUT2D eigenvalue weighted by atomic mass is 10.2. The van der Waals surface area contributed by atoms with Crippen molar-refractivity contribution in [2.24, 2.45) is 0 Å². The van der Waals surface area contributed by atoms with Crippen LogP contribution < -0.4 is 5.32 Å². The number of aromatic nitrogens is 2. The van der Waals surface area contributed by atoms with Gasteiger partial charge < -0.3 is 14.6 Å². The summed E-state index contributed by atoms with van der Waals surface area (Å²) in [5, 5.41) is 7.17. The summed E-state index contributed by atoms with van der Waals surface area (Å²) < 4.78 is 10.4. The highest BCUT2D eigenvalue weighted by atomic mass is 32.2. The zero-order valence-corrected chi connectivity index (χ0v) is 16.2. The molecule has 2 heterocycles. The van der Waals surface area contributed by atoms with Crippen LogP contribution in [0, 0.1) is 13.8 Å². The Hall–Kier alpha value is -2.35. The van der Waals surface area contributed by atoms with E-state index in [0.29, 0.717) is 22.9 Å². The first-order chi connectivity index (χ1) is 12.4. The minimum atomic E-state index is -0.866. The summed E-state index contributed by atoms with van der Waals surface area (Å²) >= 11 is 1.40. The van der Waals surface area contributed by atoms with Crippen LogP contribution >= 0.6 is 11.8 Å². The summed E-state index contributed by atoms with van der Waals surface area (Å²) in [7, 11) is 0. The Labute approximate surface area is 156 Å². The maximum atomic E-state index is 12.5. The van der Waals surface area contributed by atoms with Crippen molar-refractivity contribution in [3.63, 3.8) is 0 Å². The smallest absolute Gasteiger partial charge is 0.341 e. The predicted molar refractivity (Wildman–Crippen MR) is 98.0 cm³/mol. The Balaban J connectivity index is 2.05. The monoisotopic (exact) mass is 377 g/mol. The molecule has 0 radical (unpaired) electrons. The molecule has 0 fully saturated rings. The molecule has 0 saturated heterocycles. The number of thioether (sulfide) groups is 1. The van der Waals surface area contributed by atoms with Gasteiger partial charge in [-0.1, -0.05) is 12.1 Å². The molecule has 1 amide bonds. The highest BCUT2D eigenvalue weighted by Crippen LogP contribution is 2.27. The van der Waals surface area contributed by atoms with Crippen LogP contribution in [0.1, 0.15) is 47.6 Å². The van der Waals surface area contributed by atoms with Crippen LogP contribution in [0.5, 0.6) is 0 Å². The summed E-state index contributed by atoms with van der Waals surface area (Å²) in [6, 6.07) is 3.31. The topological polar surface area (TPSA) is 94.3 Å². The number of esters is 1. The molecule has 1 N–H and O–H groups in total. The van der Waals surface area contributed by atoms with Crippen molar-refractivity contribution in [3.8, 4) is 0 Å². The van der Waals surface area contributed by atoms with Gasteiger partial charge >= 0.3 is 5.97 Å². The van der Waals surface area contributed by atoms with Crippen molar-refractivity contribution in [3.05, 3.63) is 40.9 Å². The first-order valence-electron chi connectivity index (χ1n) is 8.42. The second kappa shape index (κ2) is 9.38. The number of rotatable bonds is 8. The van der Waals surface area contributed by atoms with Gasteiger partial charge in [0.2, 0.25) is 0 Å². The number of hydrogen-bond donors (Lipinski definition) is 1. The molecule has 0 aliphatic rings. The van der Waals surface area contributed by atoms with Crippen molar-refractivity contribution in [1.29, 1.82) is 0 Å². The van der Waals surface area contributed by atoms with Crippen molar-refractivity contribution < 1.29 is 18.8 Å². The Bertz CT molecular complexity index is 756. The van der Waals surface area contributed by atoms with Crippen molar-refractivity contribution >= 4 is 23.6 Å². The van der Waals surface area contributed by atoms with E-state index >= 15 is 0 Å². The van der Waals surface area contributed by atoms with Crippen LogP contribution in [-0.2, 0) is 15.3 Å². The first kappa shape index (κ1) is 20.0. The Morgan fingerprint density at radius 3 is 2.81 bits per heavy atom. The Morgan fingerprint density at radius 2 is 2.15 bits per heavy atom. The first-order valence-corrected chi connectivity index (χ1v) is 9.40. The molecule has 2 aromatic heterocycles. The lowest BCUT2D eigenvalue weighted by Crippen LogP contribution is -2.36. The van der Waals surface area contributed by atoms with E-state index in [-0.39, 0.29) is 5.91 Å². The standard InChI is InChI=1S/C18H23N3O4S/c1-5-8-19-16(22)13(4)24-18(23)14-7-6-9-20-17(14)26-10-15-11(2)21-25-12(15)3/h6-7,9,13H,5,8,10H2,1-4H3,(H,19,22)/t13-/m0/s1. The zero-order valence-electron chi connectivity index (χ0n) is 15.4. The van der Waals surface area contributed by atoms with E-state index in [4.69, 9.17) is 9.26 Å². The molecule has 0 aliphatic heterocycles. The van der Waals surface area contributed by atoms with Gasteiger partial charge in [0.15, 0.2) is 6.10 Å². The van der Waals surface area contributed by atoms with Crippen molar-refractivity contribution in [2.45, 2.75) is 51.0 Å². The van der Waals surface area contributed by atoms with E-state index < -0.39 is 12.1 Å². The fourth-order valence-electron chi connectivity index (χ4n) is 2.18. The van der Waals surface area contributed by atoms with Crippen molar-refractivity contribution in [2.75, 3.05) is 6.54 Å². The van der Waals surface area contributed by atoms with E-state index in [9.17, 15) is 9.59 Å². The molecular formula is C18H23N3O4S. The number of nitrogens with one attached hydrogen (secondary N) is 1. The van der Waals surface area contributed by atoms with Crippen LogP contribution in [0.2, 0.25) is 0 Å². The second-order valence-electron chi connectivity index (χ2n) is 5.79. The highest BCUT2D eigenvalue weighted by Gasteiger charge is 2.21. The number of carbonyl (C=O) groups excluding carboxylic acids is 2. The average Bonchev–Trinajstić information content (AvgIpc) is 2.95. The van der Waals surface area contributed by atoms with Gasteiger partial charge in [0, 0.05) is 24.1 Å². The third kappa shape index (κ3) is 5.08. The molecule has 2 aromatic rings. The molecular weight excluding hydrogens is 354 g/mol. The van der Waals surface area contributed by atoms with Gasteiger partial charge in [-0.25, -0.2) is 9.78 Å². The lowest BCUT2D eigenvalue weighted by molar-refractivity contribution is -0.129. The lowest BCUT2D eigenvalue weighted by Gasteiger charge is -2.14. The summed E-state index contributed by atoms with van der Waals surface area (Å²) in [5.74, 6) is 0.439. The third-order valence-electron chi connectivity index (χ3n) is 3.73. The normalized spacial score (nSPS) is 11.8. The van der Waals surface area contributed by atoms with E-state index in [1.807, 2.05) is 20.8 Å². The van der Waals surface area contributed by atoms with Gasteiger partial charge in [0.25, 0.3) is 5.91 Å². The minimum Gasteiger partial charge on any atom is -0.449 e. The van der Waals surface area contributed by atoms with Gasteiger partial charge in [0.1, 0.15) is 10.8 Å². The summed E-state index contributed by atoms with van der Waals surface area (Å²) in [6.45, 7) is 7.77. The van der Waals surface area contributed by atoms with Crippen LogP contribution in [-0.4, -0.2) is 34.7 Å². The maximum Gasteiger partial charge on any atom is 0.341 e. The molecule has 0 unspecified atom stereocenters. The van der Waals surface area contributed by atoms with Gasteiger partial charge in [-0.3, -0.25) is 4.79 Å². The van der Waals surface area contributed by atoms with E-state index in [1.165, 1.54) is 11.8 Å². The summed E-state index contributed by atoms with van der Waals surface area (Å²) in [4.78, 5) is 28.6. The summed E-state index contributed by atoms with van der Waals surface area (Å²) in [6.07, 6.45) is 1.57. The van der Waals surface area contributed by atoms with Gasteiger partial charge in [0.05, 0.1) is 11.3 Å². The largest absolute Gasteiger partial charge is 0.449 e. The molecule has 0 bridgehead atoms. The number of pyridine rings is 1. The second-order valence-corrected chi connectivity index (χ2v) is 6.75. The Kier molecular flexibility index (Phi) is 7.20. The number of carbonyl (C=O) groups is 2. The van der Waals surface area contributed by atoms with E-state index in [2.05, 4.69) is 15.5 Å². The van der Waals surface area contributed by atoms with Crippen LogP contribution in [0.3, 0.4) is 0 Å². The zero-order chi connectivity index (χ0) is 19.1. The number of nitrogens with zero attached hydrogens (tertiary/aromatic N) is 2. The summed E-state index contributed by atoms with van der Waals surface area (Å²) in [5.41, 5.74) is 2.13. The van der Waals surface area contributed by atoms with Crippen molar-refractivity contribution in [1.82, 2.24) is 15.5 Å². The SMILES string of the molecule is CCCNC(=O)[C@H](C)OC(=O)c1cccnc1SCc1c(C)noc1C. The molecule has 0 saturated carbocycles. The number of ether oxygens (including phenoxy) is 1. The fourth-order valence-corrected chi connectivity index (χ4v) is 3.31. The molecule has 7 nitrogen and oxygen atoms in total. The molecule has 26 heavy (non-hydrogen) atoms. The Morgan fingerprint density at radius 1 is 1.38 bits per heavy atom. The fraction of sp³-hybridized carbons (Fsp3) is 0.444.